The Labute approximate surface area is 757 Å². The topological polar surface area (TPSA) is 703 Å². The molecule has 1 aliphatic rings. The van der Waals surface area contributed by atoms with E-state index < -0.39 is 193 Å². The van der Waals surface area contributed by atoms with Gasteiger partial charge >= 0.3 is 35.6 Å². The molecule has 0 unspecified atom stereocenters. The molecular weight excluding hydrogens is 1720 g/mol. The number of benzene rings is 6. The summed E-state index contributed by atoms with van der Waals surface area (Å²) in [6.07, 6.45) is -2.82. The summed E-state index contributed by atoms with van der Waals surface area (Å²) in [6.45, 7) is -0.0106. The molecular formula is C88H112N20O24. The van der Waals surface area contributed by atoms with Gasteiger partial charge in [0, 0.05) is 63.0 Å². The number of phenols is 2. The molecule has 0 saturated carbocycles. The van der Waals surface area contributed by atoms with Crippen LogP contribution in [-0.4, -0.2) is 228 Å². The lowest BCUT2D eigenvalue weighted by atomic mass is 10.0. The molecule has 132 heavy (non-hydrogen) atoms. The van der Waals surface area contributed by atoms with Crippen LogP contribution < -0.4 is 118 Å². The normalized spacial score (nSPS) is 21.0. The Morgan fingerprint density at radius 2 is 0.652 bits per heavy atom. The third kappa shape index (κ3) is 34.8. The van der Waals surface area contributed by atoms with Crippen LogP contribution in [-0.2, 0) is 102 Å². The number of rotatable bonds is 24. The largest absolute Gasteiger partial charge is 0.508 e. The van der Waals surface area contributed by atoms with E-state index in [1.807, 2.05) is 0 Å². The average Bonchev–Trinajstić information content (AvgIpc) is 0.830. The van der Waals surface area contributed by atoms with Crippen molar-refractivity contribution in [3.8, 4) is 23.0 Å². The summed E-state index contributed by atoms with van der Waals surface area (Å²) >= 11 is 0. The summed E-state index contributed by atoms with van der Waals surface area (Å²) in [6, 6.07) is 18.8. The molecule has 16 amide bonds. The van der Waals surface area contributed by atoms with Gasteiger partial charge in [-0.2, -0.15) is 0 Å². The summed E-state index contributed by atoms with van der Waals surface area (Å²) < 4.78 is 10.8. The zero-order chi connectivity index (χ0) is 96.3. The number of phenolic OH excluding ortho intramolecular Hbond substituents is 2. The molecule has 0 aliphatic carbocycles. The first-order valence-electron chi connectivity index (χ1n) is 42.3. The van der Waals surface area contributed by atoms with Gasteiger partial charge in [0.2, 0.25) is 47.3 Å². The molecule has 44 heteroatoms. The molecule has 708 valence electrons. The smallest absolute Gasteiger partial charge is 0.313 e. The number of aliphatic carboxylic acids is 2. The van der Waals surface area contributed by atoms with Crippen molar-refractivity contribution in [3.63, 3.8) is 0 Å². The van der Waals surface area contributed by atoms with Crippen molar-refractivity contribution >= 4 is 118 Å². The highest BCUT2D eigenvalue weighted by Crippen LogP contribution is 2.26. The molecule has 44 nitrogen and oxygen atoms in total. The standard InChI is InChI=1S/C88H112N20O24/c1-131-69-35-27-53-47-57(69)73(115)105-107-83(125)67(43-49-15-5-3-6-16-49)101-79(121)63(33-37-71(111)112)97-75(117)59(91)19-13-42-94-78(120)62(22-10-12-40-90)100-82(124)66(46-52-25-31-56(110)32-26-52)104-88(130)86(128)96-54-28-36-70(132-2)58(48-54)74(116)106-108-84(126)68(44-50-17-7-4-8-18-50)102-80(122)64(34-38-72(113)114)98-76(118)60(92)20-14-41-93-77(119)61(21-9-11-39-89)99-81(123)65(103-87(129)85(127)95-53)45-51-23-29-55(109)30-24-51/h3-8,15-18,23-32,35-36,47-48,59-68,109-110H,9-14,19-22,33-34,37-46,89-92H2,1-2H3,(H,93,119)(H,94,120)(H,95,127)(H,96,128)(H,97,117)(H,98,118)(H,99,123)(H,100,124)(H,101,121)(H,102,122)(H,103,129)(H,104,130)(H,105,115)(H,106,116)(H,107,125)(H,108,126)(H,111,112)(H,113,114)/t59-,60-,61-,62-,63-,64-,65-,66-,67-,68-/m0/s1. The maximum absolute atomic E-state index is 14.5. The van der Waals surface area contributed by atoms with E-state index in [9.17, 15) is 107 Å². The highest BCUT2D eigenvalue weighted by atomic mass is 16.5. The fraction of sp³-hybridized carbons (Fsp3) is 0.386. The Kier molecular flexibility index (Phi) is 42.2. The van der Waals surface area contributed by atoms with Gasteiger partial charge in [0.15, 0.2) is 0 Å². The molecule has 1 aliphatic heterocycles. The number of carbonyl (C=O) groups excluding carboxylic acids is 16. The van der Waals surface area contributed by atoms with E-state index in [0.29, 0.717) is 35.1 Å². The van der Waals surface area contributed by atoms with E-state index in [0.717, 1.165) is 12.1 Å². The van der Waals surface area contributed by atoms with Gasteiger partial charge < -0.3 is 117 Å². The van der Waals surface area contributed by atoms with Crippen molar-refractivity contribution in [2.45, 2.75) is 176 Å². The van der Waals surface area contributed by atoms with Crippen molar-refractivity contribution in [3.05, 3.63) is 179 Å². The minimum Gasteiger partial charge on any atom is -0.508 e. The molecule has 0 radical (unpaired) electrons. The van der Waals surface area contributed by atoms with Crippen LogP contribution in [0.5, 0.6) is 23.0 Å². The number of aromatic hydroxyl groups is 2. The molecule has 0 aromatic heterocycles. The van der Waals surface area contributed by atoms with E-state index >= 15 is 0 Å². The predicted octanol–water partition coefficient (Wildman–Crippen LogP) is -2.49. The van der Waals surface area contributed by atoms with E-state index in [2.05, 4.69) is 85.5 Å². The second-order valence-corrected chi connectivity index (χ2v) is 30.7. The molecule has 6 aromatic carbocycles. The first-order chi connectivity index (χ1) is 63.1. The number of ether oxygens (including phenoxy) is 2. The van der Waals surface area contributed by atoms with Gasteiger partial charge in [-0.15, -0.1) is 0 Å². The van der Waals surface area contributed by atoms with Crippen LogP contribution >= 0.6 is 0 Å². The molecule has 28 N–H and O–H groups in total. The van der Waals surface area contributed by atoms with Gasteiger partial charge in [-0.1, -0.05) is 84.9 Å². The predicted molar refractivity (Wildman–Crippen MR) is 474 cm³/mol. The summed E-state index contributed by atoms with van der Waals surface area (Å²) in [5.74, 6) is -20.9. The second kappa shape index (κ2) is 53.6. The highest BCUT2D eigenvalue weighted by Gasteiger charge is 2.36. The Hall–Kier alpha value is -15.2. The van der Waals surface area contributed by atoms with Crippen LogP contribution in [0.25, 0.3) is 0 Å². The van der Waals surface area contributed by atoms with Crippen molar-refractivity contribution < 1.29 is 116 Å². The minimum atomic E-state index is -1.67. The summed E-state index contributed by atoms with van der Waals surface area (Å²) in [5, 5.41) is 69.6. The molecule has 0 fully saturated rings. The van der Waals surface area contributed by atoms with Crippen molar-refractivity contribution in [1.29, 1.82) is 0 Å². The Bertz CT molecular complexity index is 4730. The van der Waals surface area contributed by atoms with Gasteiger partial charge in [0.25, 0.3) is 23.6 Å². The number of hydrazine groups is 2. The lowest BCUT2D eigenvalue weighted by molar-refractivity contribution is -0.139. The molecule has 1 heterocycles. The number of methoxy groups -OCH3 is 2. The number of nitrogens with two attached hydrogens (primary N) is 4. The maximum atomic E-state index is 14.5. The van der Waals surface area contributed by atoms with E-state index in [1.54, 1.807) is 60.7 Å². The van der Waals surface area contributed by atoms with Gasteiger partial charge in [-0.25, -0.2) is 0 Å². The molecule has 0 saturated heterocycles. The van der Waals surface area contributed by atoms with Crippen molar-refractivity contribution in [2.24, 2.45) is 22.9 Å². The minimum absolute atomic E-state index is 0.0219. The number of unbranched alkanes of at least 4 members (excludes halogenated alkanes) is 2. The highest BCUT2D eigenvalue weighted by molar-refractivity contribution is 6.40. The number of carboxylic acids is 2. The fourth-order valence-corrected chi connectivity index (χ4v) is 13.4. The number of fused-ring (bicyclic) bond motifs is 4. The molecule has 10 atom stereocenters. The van der Waals surface area contributed by atoms with Crippen molar-refractivity contribution in [1.82, 2.24) is 74.9 Å². The first-order valence-corrected chi connectivity index (χ1v) is 42.3. The zero-order valence-corrected chi connectivity index (χ0v) is 72.4. The van der Waals surface area contributed by atoms with Gasteiger partial charge in [0.1, 0.15) is 71.3 Å². The van der Waals surface area contributed by atoms with Crippen LogP contribution in [0.4, 0.5) is 11.4 Å². The van der Waals surface area contributed by atoms with Crippen LogP contribution in [0.3, 0.4) is 0 Å². The number of hydrogen-bond donors (Lipinski definition) is 24. The van der Waals surface area contributed by atoms with Gasteiger partial charge in [0.05, 0.1) is 37.4 Å². The number of carboxylic acid groups (broad SMARTS) is 2. The molecule has 4 bridgehead atoms. The number of carbonyl (C=O) groups is 18. The SMILES string of the molecule is COc1ccc2cc1C(=O)NNC(=O)[C@H](Cc1ccccc1)NC(=O)[C@H](CCC(=O)O)NC(=O)[C@@H](N)CCCNC(=O)[C@H](CCCCN)NC(=O)[C@H](Cc1ccc(O)cc1)NC(=O)C(=O)Nc1ccc(OC)c(c1)C(=O)NNC(=O)[C@H](Cc1ccccc1)NC(=O)[C@H](CCC(=O)O)NC(=O)[C@@H](N)CCCNC(=O)[C@H](CCCCN)NC(=O)[C@H](Cc1ccc(O)cc1)NC(=O)C(=O)N2. The number of amides is 16. The monoisotopic (exact) mass is 1830 g/mol. The van der Waals surface area contributed by atoms with E-state index in [4.69, 9.17) is 32.4 Å². The number of nitrogens with one attached hydrogen (secondary N) is 16. The van der Waals surface area contributed by atoms with Crippen molar-refractivity contribution in [2.75, 3.05) is 51.0 Å². The van der Waals surface area contributed by atoms with Crippen LogP contribution in [0.2, 0.25) is 0 Å². The maximum Gasteiger partial charge on any atom is 0.313 e. The Balaban J connectivity index is 1.18. The van der Waals surface area contributed by atoms with Crippen LogP contribution in [0, 0.1) is 0 Å². The quantitative estimate of drug-likeness (QED) is 0.0220. The van der Waals surface area contributed by atoms with E-state index in [1.165, 1.54) is 87.0 Å². The third-order valence-corrected chi connectivity index (χ3v) is 20.6. The summed E-state index contributed by atoms with van der Waals surface area (Å²) in [7, 11) is 2.37. The number of anilines is 2. The van der Waals surface area contributed by atoms with Crippen LogP contribution in [0.15, 0.2) is 146 Å². The summed E-state index contributed by atoms with van der Waals surface area (Å²) in [5.41, 5.74) is 33.6. The average molecular weight is 1830 g/mol. The zero-order valence-electron chi connectivity index (χ0n) is 72.4. The van der Waals surface area contributed by atoms with Gasteiger partial charge in [-0.05, 0) is 173 Å². The number of hydrogen-bond acceptors (Lipinski definition) is 26. The Morgan fingerprint density at radius 1 is 0.341 bits per heavy atom. The fourth-order valence-electron chi connectivity index (χ4n) is 13.4. The lowest BCUT2D eigenvalue weighted by Crippen LogP contribution is -2.58. The molecule has 6 aromatic rings. The van der Waals surface area contributed by atoms with Gasteiger partial charge in [-0.3, -0.25) is 108 Å². The second-order valence-electron chi connectivity index (χ2n) is 30.7. The first kappa shape index (κ1) is 104. The summed E-state index contributed by atoms with van der Waals surface area (Å²) in [4.78, 5) is 250. The molecule has 7 rings (SSSR count). The van der Waals surface area contributed by atoms with E-state index in [-0.39, 0.29) is 149 Å². The third-order valence-electron chi connectivity index (χ3n) is 20.6. The lowest BCUT2D eigenvalue weighted by Gasteiger charge is -2.24. The molecule has 0 spiro atoms. The van der Waals surface area contributed by atoms with Crippen LogP contribution in [0.1, 0.15) is 133 Å². The Morgan fingerprint density at radius 3 is 0.985 bits per heavy atom.